The molecule has 0 bridgehead atoms. The summed E-state index contributed by atoms with van der Waals surface area (Å²) >= 11 is 5.86. The summed E-state index contributed by atoms with van der Waals surface area (Å²) in [4.78, 5) is 11.7. The molecule has 0 aliphatic rings. The maximum atomic E-state index is 11.7. The Morgan fingerprint density at radius 3 is 2.88 bits per heavy atom. The van der Waals surface area contributed by atoms with E-state index in [9.17, 15) is 9.90 Å². The number of carbonyl (C=O) groups excluding carboxylic acids is 1. The maximum absolute atomic E-state index is 11.7. The second-order valence-corrected chi connectivity index (χ2v) is 4.03. The second kappa shape index (κ2) is 6.38. The first kappa shape index (κ1) is 12.8. The number of nitrogens with one attached hydrogen (secondary N) is 1. The third-order valence-electron chi connectivity index (χ3n) is 2.26. The minimum Gasteiger partial charge on any atom is -0.508 e. The van der Waals surface area contributed by atoms with Crippen LogP contribution in [0.5, 0.6) is 5.75 Å². The van der Waals surface area contributed by atoms with Gasteiger partial charge in [-0.25, -0.2) is 0 Å². The Kier molecular flexibility index (Phi) is 5.12. The first-order valence-corrected chi connectivity index (χ1v) is 5.79. The average Bonchev–Trinajstić information content (AvgIpc) is 2.27. The quantitative estimate of drug-likeness (QED) is 0.779. The van der Waals surface area contributed by atoms with Gasteiger partial charge in [0, 0.05) is 6.54 Å². The maximum Gasteiger partial charge on any atom is 0.252 e. The summed E-state index contributed by atoms with van der Waals surface area (Å²) < 4.78 is 0. The first-order valence-electron chi connectivity index (χ1n) is 5.42. The van der Waals surface area contributed by atoms with Crippen molar-refractivity contribution in [1.82, 2.24) is 5.32 Å². The van der Waals surface area contributed by atoms with Crippen molar-refractivity contribution in [3.8, 4) is 5.75 Å². The number of benzene rings is 1. The summed E-state index contributed by atoms with van der Waals surface area (Å²) in [5, 5.41) is 12.4. The lowest BCUT2D eigenvalue weighted by Crippen LogP contribution is -2.24. The minimum atomic E-state index is -0.239. The van der Waals surface area contributed by atoms with Gasteiger partial charge in [-0.2, -0.15) is 0 Å². The molecule has 0 spiro atoms. The molecule has 0 aromatic heterocycles. The van der Waals surface area contributed by atoms with Gasteiger partial charge in [0.25, 0.3) is 5.91 Å². The average molecular weight is 242 g/mol. The normalized spacial score (nSPS) is 10.1. The number of rotatable bonds is 5. The molecule has 1 aromatic rings. The van der Waals surface area contributed by atoms with Crippen LogP contribution >= 0.6 is 11.6 Å². The first-order chi connectivity index (χ1) is 7.65. The Balaban J connectivity index is 2.55. The fourth-order valence-corrected chi connectivity index (χ4v) is 1.56. The summed E-state index contributed by atoms with van der Waals surface area (Å²) in [7, 11) is 0. The SMILES string of the molecule is CCCCCNC(=O)c1cc(O)ccc1Cl. The fraction of sp³-hybridized carbons (Fsp3) is 0.417. The molecule has 1 rings (SSSR count). The summed E-state index contributed by atoms with van der Waals surface area (Å²) in [5.41, 5.74) is 0.318. The van der Waals surface area contributed by atoms with Crippen LogP contribution in [-0.2, 0) is 0 Å². The number of carbonyl (C=O) groups is 1. The van der Waals surface area contributed by atoms with E-state index in [0.29, 0.717) is 17.1 Å². The molecule has 0 fully saturated rings. The van der Waals surface area contributed by atoms with Crippen molar-refractivity contribution in [3.63, 3.8) is 0 Å². The van der Waals surface area contributed by atoms with E-state index >= 15 is 0 Å². The Hall–Kier alpha value is -1.22. The van der Waals surface area contributed by atoms with E-state index in [4.69, 9.17) is 11.6 Å². The Bertz CT molecular complexity index is 366. The van der Waals surface area contributed by atoms with Gasteiger partial charge in [-0.05, 0) is 24.6 Å². The summed E-state index contributed by atoms with van der Waals surface area (Å²) in [6.45, 7) is 2.74. The van der Waals surface area contributed by atoms with Gasteiger partial charge < -0.3 is 10.4 Å². The highest BCUT2D eigenvalue weighted by molar-refractivity contribution is 6.33. The molecule has 16 heavy (non-hydrogen) atoms. The van der Waals surface area contributed by atoms with Crippen molar-refractivity contribution in [2.24, 2.45) is 0 Å². The van der Waals surface area contributed by atoms with E-state index in [1.807, 2.05) is 0 Å². The van der Waals surface area contributed by atoms with Gasteiger partial charge in [0.1, 0.15) is 5.75 Å². The van der Waals surface area contributed by atoms with Gasteiger partial charge in [0.2, 0.25) is 0 Å². The Morgan fingerprint density at radius 1 is 1.44 bits per heavy atom. The molecule has 4 heteroatoms. The number of hydrogen-bond acceptors (Lipinski definition) is 2. The van der Waals surface area contributed by atoms with Crippen molar-refractivity contribution in [1.29, 1.82) is 0 Å². The predicted octanol–water partition coefficient (Wildman–Crippen LogP) is 2.97. The topological polar surface area (TPSA) is 49.3 Å². The van der Waals surface area contributed by atoms with Crippen LogP contribution in [0.4, 0.5) is 0 Å². The van der Waals surface area contributed by atoms with Crippen LogP contribution < -0.4 is 5.32 Å². The van der Waals surface area contributed by atoms with E-state index in [1.54, 1.807) is 0 Å². The van der Waals surface area contributed by atoms with Crippen LogP contribution in [0, 0.1) is 0 Å². The van der Waals surface area contributed by atoms with Gasteiger partial charge in [-0.1, -0.05) is 31.4 Å². The Morgan fingerprint density at radius 2 is 2.19 bits per heavy atom. The third-order valence-corrected chi connectivity index (χ3v) is 2.59. The van der Waals surface area contributed by atoms with E-state index in [2.05, 4.69) is 12.2 Å². The Labute approximate surface area is 100 Å². The van der Waals surface area contributed by atoms with Crippen LogP contribution in [-0.4, -0.2) is 17.6 Å². The van der Waals surface area contributed by atoms with Crippen LogP contribution in [0.1, 0.15) is 36.5 Å². The zero-order chi connectivity index (χ0) is 12.0. The van der Waals surface area contributed by atoms with Gasteiger partial charge in [0.15, 0.2) is 0 Å². The number of aromatic hydroxyl groups is 1. The molecule has 0 saturated carbocycles. The van der Waals surface area contributed by atoms with Crippen molar-refractivity contribution in [3.05, 3.63) is 28.8 Å². The van der Waals surface area contributed by atoms with Crippen LogP contribution in [0.15, 0.2) is 18.2 Å². The predicted molar refractivity (Wildman–Crippen MR) is 65.0 cm³/mol. The summed E-state index contributed by atoms with van der Waals surface area (Å²) in [6.07, 6.45) is 3.16. The highest BCUT2D eigenvalue weighted by atomic mass is 35.5. The fourth-order valence-electron chi connectivity index (χ4n) is 1.36. The monoisotopic (exact) mass is 241 g/mol. The minimum absolute atomic E-state index is 0.0445. The summed E-state index contributed by atoms with van der Waals surface area (Å²) in [6, 6.07) is 4.34. The number of phenols is 1. The van der Waals surface area contributed by atoms with Gasteiger partial charge in [-0.3, -0.25) is 4.79 Å². The smallest absolute Gasteiger partial charge is 0.252 e. The number of halogens is 1. The lowest BCUT2D eigenvalue weighted by Gasteiger charge is -2.06. The van der Waals surface area contributed by atoms with Crippen molar-refractivity contribution < 1.29 is 9.90 Å². The molecule has 3 nitrogen and oxygen atoms in total. The molecule has 0 heterocycles. The summed E-state index contributed by atoms with van der Waals surface area (Å²) in [5.74, 6) is -0.194. The van der Waals surface area contributed by atoms with Crippen LogP contribution in [0.2, 0.25) is 5.02 Å². The highest BCUT2D eigenvalue weighted by Crippen LogP contribution is 2.20. The van der Waals surface area contributed by atoms with Gasteiger partial charge >= 0.3 is 0 Å². The molecule has 1 amide bonds. The lowest BCUT2D eigenvalue weighted by atomic mass is 10.2. The molecule has 0 aliphatic heterocycles. The van der Waals surface area contributed by atoms with Crippen LogP contribution in [0.3, 0.4) is 0 Å². The second-order valence-electron chi connectivity index (χ2n) is 3.63. The standard InChI is InChI=1S/C12H16ClNO2/c1-2-3-4-7-14-12(16)10-8-9(15)5-6-11(10)13/h5-6,8,15H,2-4,7H2,1H3,(H,14,16). The molecule has 88 valence electrons. The molecular weight excluding hydrogens is 226 g/mol. The molecular formula is C12H16ClNO2. The van der Waals surface area contributed by atoms with Crippen molar-refractivity contribution >= 4 is 17.5 Å². The molecule has 0 atom stereocenters. The van der Waals surface area contributed by atoms with Gasteiger partial charge in [0.05, 0.1) is 10.6 Å². The van der Waals surface area contributed by atoms with Gasteiger partial charge in [-0.15, -0.1) is 0 Å². The van der Waals surface area contributed by atoms with E-state index < -0.39 is 0 Å². The third kappa shape index (κ3) is 3.74. The van der Waals surface area contributed by atoms with Crippen molar-refractivity contribution in [2.45, 2.75) is 26.2 Å². The molecule has 0 aliphatic carbocycles. The molecule has 1 aromatic carbocycles. The van der Waals surface area contributed by atoms with E-state index in [0.717, 1.165) is 19.3 Å². The molecule has 0 radical (unpaired) electrons. The number of unbranched alkanes of at least 4 members (excludes halogenated alkanes) is 2. The zero-order valence-corrected chi connectivity index (χ0v) is 10.0. The largest absolute Gasteiger partial charge is 0.508 e. The van der Waals surface area contributed by atoms with Crippen LogP contribution in [0.25, 0.3) is 0 Å². The number of hydrogen-bond donors (Lipinski definition) is 2. The zero-order valence-electron chi connectivity index (χ0n) is 9.29. The number of amides is 1. The molecule has 0 saturated heterocycles. The highest BCUT2D eigenvalue weighted by Gasteiger charge is 2.10. The van der Waals surface area contributed by atoms with Crippen molar-refractivity contribution in [2.75, 3.05) is 6.54 Å². The number of phenolic OH excluding ortho intramolecular Hbond substituents is 1. The van der Waals surface area contributed by atoms with E-state index in [-0.39, 0.29) is 11.7 Å². The lowest BCUT2D eigenvalue weighted by molar-refractivity contribution is 0.0952. The molecule has 0 unspecified atom stereocenters. The van der Waals surface area contributed by atoms with E-state index in [1.165, 1.54) is 18.2 Å². The molecule has 2 N–H and O–H groups in total.